The van der Waals surface area contributed by atoms with Crippen molar-refractivity contribution < 1.29 is 23.0 Å². The number of ketones is 1. The Labute approximate surface area is 114 Å². The number of hydrogen-bond acceptors (Lipinski definition) is 3. The molecular weight excluding hydrogens is 266 g/mol. The van der Waals surface area contributed by atoms with Crippen molar-refractivity contribution in [3.05, 3.63) is 53.6 Å². The lowest BCUT2D eigenvalue weighted by Crippen LogP contribution is -2.01. The van der Waals surface area contributed by atoms with Gasteiger partial charge in [0, 0.05) is 6.07 Å². The minimum Gasteiger partial charge on any atom is -0.496 e. The van der Waals surface area contributed by atoms with Gasteiger partial charge >= 0.3 is 0 Å². The lowest BCUT2D eigenvalue weighted by Gasteiger charge is -2.13. The van der Waals surface area contributed by atoms with E-state index in [9.17, 15) is 13.6 Å². The SMILES string of the molecule is COc1cccc(Oc2cc(F)ccc2F)c1C(C)=O. The molecule has 2 aromatic rings. The third-order valence-corrected chi connectivity index (χ3v) is 2.67. The van der Waals surface area contributed by atoms with Gasteiger partial charge in [0.1, 0.15) is 22.9 Å². The van der Waals surface area contributed by atoms with Crippen LogP contribution >= 0.6 is 0 Å². The van der Waals surface area contributed by atoms with E-state index in [1.165, 1.54) is 20.1 Å². The van der Waals surface area contributed by atoms with E-state index >= 15 is 0 Å². The number of ether oxygens (including phenoxy) is 2. The van der Waals surface area contributed by atoms with E-state index in [0.717, 1.165) is 18.2 Å². The maximum Gasteiger partial charge on any atom is 0.167 e. The Morgan fingerprint density at radius 1 is 1.05 bits per heavy atom. The summed E-state index contributed by atoms with van der Waals surface area (Å²) in [4.78, 5) is 11.7. The average molecular weight is 278 g/mol. The zero-order valence-corrected chi connectivity index (χ0v) is 10.9. The van der Waals surface area contributed by atoms with Gasteiger partial charge in [-0.05, 0) is 31.2 Å². The smallest absolute Gasteiger partial charge is 0.167 e. The normalized spacial score (nSPS) is 10.2. The predicted octanol–water partition coefficient (Wildman–Crippen LogP) is 3.97. The molecule has 2 rings (SSSR count). The molecule has 104 valence electrons. The lowest BCUT2D eigenvalue weighted by molar-refractivity contribution is 0.101. The van der Waals surface area contributed by atoms with E-state index in [2.05, 4.69) is 0 Å². The molecular formula is C15H12F2O3. The molecule has 0 saturated carbocycles. The summed E-state index contributed by atoms with van der Waals surface area (Å²) in [7, 11) is 1.41. The number of Topliss-reactive ketones (excluding diaryl/α,β-unsaturated/α-hetero) is 1. The quantitative estimate of drug-likeness (QED) is 0.794. The van der Waals surface area contributed by atoms with Crippen molar-refractivity contribution in [3.8, 4) is 17.2 Å². The van der Waals surface area contributed by atoms with Crippen molar-refractivity contribution in [1.29, 1.82) is 0 Å². The third kappa shape index (κ3) is 2.77. The fourth-order valence-electron chi connectivity index (χ4n) is 1.79. The summed E-state index contributed by atoms with van der Waals surface area (Å²) in [5.41, 5.74) is 0.179. The zero-order chi connectivity index (χ0) is 14.7. The van der Waals surface area contributed by atoms with Gasteiger partial charge in [-0.2, -0.15) is 0 Å². The molecule has 0 aromatic heterocycles. The summed E-state index contributed by atoms with van der Waals surface area (Å²) in [6, 6.07) is 7.53. The van der Waals surface area contributed by atoms with Crippen LogP contribution in [0.5, 0.6) is 17.2 Å². The molecule has 0 aliphatic heterocycles. The Morgan fingerprint density at radius 2 is 1.75 bits per heavy atom. The van der Waals surface area contributed by atoms with Crippen molar-refractivity contribution in [2.75, 3.05) is 7.11 Å². The summed E-state index contributed by atoms with van der Waals surface area (Å²) >= 11 is 0. The molecule has 0 fully saturated rings. The van der Waals surface area contributed by atoms with Crippen LogP contribution in [0, 0.1) is 11.6 Å². The van der Waals surface area contributed by atoms with Crippen molar-refractivity contribution in [1.82, 2.24) is 0 Å². The van der Waals surface area contributed by atoms with Crippen LogP contribution < -0.4 is 9.47 Å². The van der Waals surface area contributed by atoms with Crippen LogP contribution in [0.15, 0.2) is 36.4 Å². The molecule has 0 amide bonds. The van der Waals surface area contributed by atoms with Crippen LogP contribution in [0.2, 0.25) is 0 Å². The van der Waals surface area contributed by atoms with E-state index < -0.39 is 11.6 Å². The van der Waals surface area contributed by atoms with E-state index in [0.29, 0.717) is 5.75 Å². The summed E-state index contributed by atoms with van der Waals surface area (Å²) in [6.45, 7) is 1.34. The third-order valence-electron chi connectivity index (χ3n) is 2.67. The van der Waals surface area contributed by atoms with Crippen LogP contribution in [-0.2, 0) is 0 Å². The summed E-state index contributed by atoms with van der Waals surface area (Å²) in [5.74, 6) is -1.51. The maximum atomic E-state index is 13.6. The van der Waals surface area contributed by atoms with Gasteiger partial charge in [-0.25, -0.2) is 8.78 Å². The van der Waals surface area contributed by atoms with Crippen molar-refractivity contribution >= 4 is 5.78 Å². The van der Waals surface area contributed by atoms with E-state index in [4.69, 9.17) is 9.47 Å². The van der Waals surface area contributed by atoms with Gasteiger partial charge in [0.2, 0.25) is 0 Å². The monoisotopic (exact) mass is 278 g/mol. The van der Waals surface area contributed by atoms with Gasteiger partial charge in [0.05, 0.1) is 7.11 Å². The van der Waals surface area contributed by atoms with Crippen LogP contribution in [0.3, 0.4) is 0 Å². The standard InChI is InChI=1S/C15H12F2O3/c1-9(18)15-12(19-2)4-3-5-13(15)20-14-8-10(16)6-7-11(14)17/h3-8H,1-2H3. The number of halogens is 2. The summed E-state index contributed by atoms with van der Waals surface area (Å²) in [5, 5.41) is 0. The Balaban J connectivity index is 2.48. The molecule has 0 heterocycles. The first kappa shape index (κ1) is 14.0. The molecule has 0 radical (unpaired) electrons. The van der Waals surface area contributed by atoms with Gasteiger partial charge in [-0.15, -0.1) is 0 Å². The Morgan fingerprint density at radius 3 is 2.40 bits per heavy atom. The van der Waals surface area contributed by atoms with Gasteiger partial charge in [0.25, 0.3) is 0 Å². The maximum absolute atomic E-state index is 13.6. The van der Waals surface area contributed by atoms with Crippen molar-refractivity contribution in [2.45, 2.75) is 6.92 Å². The highest BCUT2D eigenvalue weighted by molar-refractivity contribution is 5.99. The summed E-state index contributed by atoms with van der Waals surface area (Å²) in [6.07, 6.45) is 0. The van der Waals surface area contributed by atoms with Crippen LogP contribution in [0.25, 0.3) is 0 Å². The van der Waals surface area contributed by atoms with Crippen LogP contribution in [0.4, 0.5) is 8.78 Å². The number of methoxy groups -OCH3 is 1. The van der Waals surface area contributed by atoms with Crippen molar-refractivity contribution in [2.24, 2.45) is 0 Å². The molecule has 0 bridgehead atoms. The molecule has 0 unspecified atom stereocenters. The predicted molar refractivity (Wildman–Crippen MR) is 69.4 cm³/mol. The number of rotatable bonds is 4. The Hall–Kier alpha value is -2.43. The fraction of sp³-hybridized carbons (Fsp3) is 0.133. The zero-order valence-electron chi connectivity index (χ0n) is 10.9. The number of benzene rings is 2. The molecule has 0 aliphatic rings. The summed E-state index contributed by atoms with van der Waals surface area (Å²) < 4.78 is 37.1. The largest absolute Gasteiger partial charge is 0.496 e. The first-order valence-corrected chi connectivity index (χ1v) is 5.83. The molecule has 2 aromatic carbocycles. The highest BCUT2D eigenvalue weighted by Gasteiger charge is 2.17. The lowest BCUT2D eigenvalue weighted by atomic mass is 10.1. The minimum absolute atomic E-state index is 0.112. The van der Waals surface area contributed by atoms with E-state index in [-0.39, 0.29) is 22.8 Å². The molecule has 3 nitrogen and oxygen atoms in total. The number of carbonyl (C=O) groups is 1. The molecule has 0 atom stereocenters. The molecule has 0 aliphatic carbocycles. The average Bonchev–Trinajstić information content (AvgIpc) is 2.42. The van der Waals surface area contributed by atoms with Gasteiger partial charge < -0.3 is 9.47 Å². The van der Waals surface area contributed by atoms with Crippen LogP contribution in [-0.4, -0.2) is 12.9 Å². The van der Waals surface area contributed by atoms with Gasteiger partial charge in [-0.3, -0.25) is 4.79 Å². The Bertz CT molecular complexity index is 654. The minimum atomic E-state index is -0.719. The second kappa shape index (κ2) is 5.69. The molecule has 5 heteroatoms. The highest BCUT2D eigenvalue weighted by atomic mass is 19.1. The molecule has 0 N–H and O–H groups in total. The first-order chi connectivity index (χ1) is 9.52. The highest BCUT2D eigenvalue weighted by Crippen LogP contribution is 2.33. The van der Waals surface area contributed by atoms with Crippen LogP contribution in [0.1, 0.15) is 17.3 Å². The molecule has 20 heavy (non-hydrogen) atoms. The molecule has 0 spiro atoms. The number of hydrogen-bond donors (Lipinski definition) is 0. The van der Waals surface area contributed by atoms with E-state index in [1.807, 2.05) is 0 Å². The second-order valence-corrected chi connectivity index (χ2v) is 4.07. The van der Waals surface area contributed by atoms with Crippen molar-refractivity contribution in [3.63, 3.8) is 0 Å². The topological polar surface area (TPSA) is 35.5 Å². The first-order valence-electron chi connectivity index (χ1n) is 5.83. The Kier molecular flexibility index (Phi) is 3.98. The van der Waals surface area contributed by atoms with E-state index in [1.54, 1.807) is 12.1 Å². The fourth-order valence-corrected chi connectivity index (χ4v) is 1.79. The molecule has 0 saturated heterocycles. The van der Waals surface area contributed by atoms with Gasteiger partial charge in [-0.1, -0.05) is 6.07 Å². The van der Waals surface area contributed by atoms with Gasteiger partial charge in [0.15, 0.2) is 17.3 Å². The number of carbonyl (C=O) groups excluding carboxylic acids is 1. The second-order valence-electron chi connectivity index (χ2n) is 4.07.